The van der Waals surface area contributed by atoms with E-state index in [0.29, 0.717) is 11.3 Å². The zero-order chi connectivity index (χ0) is 15.1. The summed E-state index contributed by atoms with van der Waals surface area (Å²) in [5.74, 6) is -1.41. The lowest BCUT2D eigenvalue weighted by molar-refractivity contribution is -0.141. The molecule has 2 amide bonds. The van der Waals surface area contributed by atoms with Crippen LogP contribution in [-0.2, 0) is 4.79 Å². The van der Waals surface area contributed by atoms with Crippen LogP contribution in [0.3, 0.4) is 0 Å². The molecular weight excluding hydrogens is 269 g/mol. The molecule has 1 unspecified atom stereocenters. The average molecular weight is 286 g/mol. The first-order valence-corrected chi connectivity index (χ1v) is 5.67. The molecule has 0 aromatic heterocycles. The van der Waals surface area contributed by atoms with Crippen LogP contribution in [-0.4, -0.2) is 59.0 Å². The van der Waals surface area contributed by atoms with Crippen LogP contribution in [0.4, 0.5) is 18.0 Å². The number of rotatable bonds is 7. The van der Waals surface area contributed by atoms with E-state index in [1.54, 1.807) is 6.92 Å². The summed E-state index contributed by atoms with van der Waals surface area (Å²) >= 11 is 0. The number of hydrogen-bond donors (Lipinski definition) is 3. The molecule has 112 valence electrons. The monoisotopic (exact) mass is 286 g/mol. The topological polar surface area (TPSA) is 89.9 Å². The van der Waals surface area contributed by atoms with Crippen LogP contribution in [0.25, 0.3) is 0 Å². The molecule has 0 aliphatic rings. The number of carboxylic acid groups (broad SMARTS) is 1. The number of aliphatic hydroxyl groups is 1. The summed E-state index contributed by atoms with van der Waals surface area (Å²) in [6.45, 7) is -0.488. The Bertz CT molecular complexity index is 310. The van der Waals surface area contributed by atoms with Gasteiger partial charge in [-0.25, -0.2) is 9.59 Å². The molecule has 0 saturated carbocycles. The lowest BCUT2D eigenvalue weighted by Gasteiger charge is -2.25. The van der Waals surface area contributed by atoms with E-state index in [1.807, 2.05) is 5.32 Å². The molecule has 0 radical (unpaired) electrons. The second kappa shape index (κ2) is 7.82. The first kappa shape index (κ1) is 17.5. The molecule has 0 aliphatic heterocycles. The van der Waals surface area contributed by atoms with Crippen molar-refractivity contribution in [1.29, 1.82) is 0 Å². The summed E-state index contributed by atoms with van der Waals surface area (Å²) in [6.07, 6.45) is -4.52. The fraction of sp³-hybridized carbons (Fsp3) is 0.800. The summed E-state index contributed by atoms with van der Waals surface area (Å²) in [7, 11) is 0. The highest BCUT2D eigenvalue weighted by atomic mass is 19.4. The third kappa shape index (κ3) is 7.50. The Morgan fingerprint density at radius 1 is 1.37 bits per heavy atom. The number of urea groups is 1. The molecule has 6 nitrogen and oxygen atoms in total. The van der Waals surface area contributed by atoms with Crippen molar-refractivity contribution < 1.29 is 33.0 Å². The van der Waals surface area contributed by atoms with Gasteiger partial charge in [0.05, 0.1) is 0 Å². The number of aliphatic carboxylic acids is 1. The zero-order valence-corrected chi connectivity index (χ0v) is 10.4. The van der Waals surface area contributed by atoms with Gasteiger partial charge in [0.25, 0.3) is 0 Å². The Labute approximate surface area is 108 Å². The Kier molecular flexibility index (Phi) is 7.20. The molecule has 0 aromatic rings. The van der Waals surface area contributed by atoms with Gasteiger partial charge in [-0.05, 0) is 6.42 Å². The van der Waals surface area contributed by atoms with Gasteiger partial charge in [0.2, 0.25) is 0 Å². The van der Waals surface area contributed by atoms with Crippen molar-refractivity contribution in [3.05, 3.63) is 0 Å². The highest BCUT2D eigenvalue weighted by molar-refractivity contribution is 5.82. The van der Waals surface area contributed by atoms with Crippen LogP contribution < -0.4 is 5.32 Å². The fourth-order valence-electron chi connectivity index (χ4n) is 1.37. The Morgan fingerprint density at radius 2 is 1.95 bits per heavy atom. The largest absolute Gasteiger partial charge is 0.480 e. The number of nitrogens with zero attached hydrogens (tertiary/aromatic N) is 1. The maximum Gasteiger partial charge on any atom is 0.406 e. The van der Waals surface area contributed by atoms with Crippen LogP contribution in [0, 0.1) is 0 Å². The third-order valence-electron chi connectivity index (χ3n) is 2.16. The maximum absolute atomic E-state index is 12.3. The van der Waals surface area contributed by atoms with Crippen molar-refractivity contribution in [1.82, 2.24) is 10.2 Å². The highest BCUT2D eigenvalue weighted by Gasteiger charge is 2.33. The van der Waals surface area contributed by atoms with Crippen molar-refractivity contribution in [2.24, 2.45) is 0 Å². The standard InChI is InChI=1S/C10H17F3N2O4/c1-2-4-15(6-10(11,12)13)9(19)14-7(3-5-16)8(17)18/h7,16H,2-6H2,1H3,(H,14,19)(H,17,18). The van der Waals surface area contributed by atoms with Crippen molar-refractivity contribution in [3.8, 4) is 0 Å². The molecule has 0 spiro atoms. The number of hydrogen-bond acceptors (Lipinski definition) is 3. The number of carbonyl (C=O) groups excluding carboxylic acids is 1. The van der Waals surface area contributed by atoms with Crippen molar-refractivity contribution in [2.45, 2.75) is 32.0 Å². The Balaban J connectivity index is 4.65. The van der Waals surface area contributed by atoms with Crippen LogP contribution >= 0.6 is 0 Å². The molecule has 0 bridgehead atoms. The molecule has 0 aliphatic carbocycles. The van der Waals surface area contributed by atoms with Gasteiger partial charge in [0.15, 0.2) is 0 Å². The molecule has 0 aromatic carbocycles. The molecule has 0 saturated heterocycles. The molecule has 1 atom stereocenters. The van der Waals surface area contributed by atoms with Gasteiger partial charge in [0.1, 0.15) is 12.6 Å². The maximum atomic E-state index is 12.3. The molecule has 0 rings (SSSR count). The van der Waals surface area contributed by atoms with Gasteiger partial charge in [-0.2, -0.15) is 13.2 Å². The summed E-state index contributed by atoms with van der Waals surface area (Å²) in [5, 5.41) is 19.3. The van der Waals surface area contributed by atoms with E-state index >= 15 is 0 Å². The minimum Gasteiger partial charge on any atom is -0.480 e. The van der Waals surface area contributed by atoms with Crippen LogP contribution in [0.5, 0.6) is 0 Å². The van der Waals surface area contributed by atoms with E-state index in [9.17, 15) is 22.8 Å². The predicted molar refractivity (Wildman–Crippen MR) is 59.6 cm³/mol. The number of aliphatic hydroxyl groups excluding tert-OH is 1. The second-order valence-corrected chi connectivity index (χ2v) is 3.89. The van der Waals surface area contributed by atoms with E-state index < -0.39 is 37.4 Å². The molecule has 9 heteroatoms. The van der Waals surface area contributed by atoms with E-state index in [-0.39, 0.29) is 13.0 Å². The number of alkyl halides is 3. The minimum atomic E-state index is -4.55. The minimum absolute atomic E-state index is 0.142. The molecule has 3 N–H and O–H groups in total. The van der Waals surface area contributed by atoms with Crippen molar-refractivity contribution >= 4 is 12.0 Å². The van der Waals surface area contributed by atoms with E-state index in [2.05, 4.69) is 0 Å². The molecule has 0 fully saturated rings. The van der Waals surface area contributed by atoms with Gasteiger partial charge in [-0.3, -0.25) is 0 Å². The summed E-state index contributed by atoms with van der Waals surface area (Å²) in [4.78, 5) is 22.8. The van der Waals surface area contributed by atoms with Gasteiger partial charge in [-0.1, -0.05) is 6.92 Å². The number of halogens is 3. The smallest absolute Gasteiger partial charge is 0.406 e. The Morgan fingerprint density at radius 3 is 2.32 bits per heavy atom. The normalized spacial score (nSPS) is 12.9. The van der Waals surface area contributed by atoms with Gasteiger partial charge in [0, 0.05) is 19.6 Å². The number of nitrogens with one attached hydrogen (secondary N) is 1. The van der Waals surface area contributed by atoms with Gasteiger partial charge < -0.3 is 20.4 Å². The average Bonchev–Trinajstić information content (AvgIpc) is 2.25. The molecular formula is C10H17F3N2O4. The Hall–Kier alpha value is -1.51. The van der Waals surface area contributed by atoms with Gasteiger partial charge in [-0.15, -0.1) is 0 Å². The van der Waals surface area contributed by atoms with Crippen LogP contribution in [0.15, 0.2) is 0 Å². The van der Waals surface area contributed by atoms with Crippen LogP contribution in [0.2, 0.25) is 0 Å². The quantitative estimate of drug-likeness (QED) is 0.646. The lowest BCUT2D eigenvalue weighted by Crippen LogP contribution is -2.50. The fourth-order valence-corrected chi connectivity index (χ4v) is 1.37. The summed E-state index contributed by atoms with van der Waals surface area (Å²) in [6, 6.07) is -2.52. The first-order chi connectivity index (χ1) is 8.71. The number of carbonyl (C=O) groups is 2. The van der Waals surface area contributed by atoms with Gasteiger partial charge >= 0.3 is 18.2 Å². The highest BCUT2D eigenvalue weighted by Crippen LogP contribution is 2.16. The van der Waals surface area contributed by atoms with E-state index in [4.69, 9.17) is 10.2 Å². The number of amides is 2. The lowest BCUT2D eigenvalue weighted by atomic mass is 10.2. The van der Waals surface area contributed by atoms with Crippen molar-refractivity contribution in [3.63, 3.8) is 0 Å². The number of carboxylic acids is 1. The molecule has 19 heavy (non-hydrogen) atoms. The summed E-state index contributed by atoms with van der Waals surface area (Å²) in [5.41, 5.74) is 0. The summed E-state index contributed by atoms with van der Waals surface area (Å²) < 4.78 is 36.8. The van der Waals surface area contributed by atoms with E-state index in [0.717, 1.165) is 0 Å². The first-order valence-electron chi connectivity index (χ1n) is 5.67. The van der Waals surface area contributed by atoms with E-state index in [1.165, 1.54) is 0 Å². The molecule has 0 heterocycles. The second-order valence-electron chi connectivity index (χ2n) is 3.89. The van der Waals surface area contributed by atoms with Crippen molar-refractivity contribution in [2.75, 3.05) is 19.7 Å². The SMILES string of the molecule is CCCN(CC(F)(F)F)C(=O)NC(CCO)C(=O)O. The predicted octanol–water partition coefficient (Wildman–Crippen LogP) is 0.806. The zero-order valence-electron chi connectivity index (χ0n) is 10.4. The third-order valence-corrected chi connectivity index (χ3v) is 2.16. The van der Waals surface area contributed by atoms with Crippen LogP contribution in [0.1, 0.15) is 19.8 Å².